The second kappa shape index (κ2) is 8.28. The van der Waals surface area contributed by atoms with Crippen molar-refractivity contribution in [1.82, 2.24) is 0 Å². The minimum atomic E-state index is -0.730. The van der Waals surface area contributed by atoms with E-state index < -0.39 is 17.7 Å². The first-order chi connectivity index (χ1) is 15.0. The minimum Gasteiger partial charge on any atom is -0.507 e. The molecule has 1 aliphatic rings. The number of methoxy groups -OCH3 is 2. The van der Waals surface area contributed by atoms with E-state index >= 15 is 0 Å². The van der Waals surface area contributed by atoms with Crippen molar-refractivity contribution in [3.63, 3.8) is 0 Å². The number of hydrogen-bond acceptors (Lipinski definition) is 6. The topological polar surface area (TPSA) is 76.1 Å². The summed E-state index contributed by atoms with van der Waals surface area (Å²) in [6, 6.07) is 15.2. The first-order valence-corrected chi connectivity index (χ1v) is 10.5. The second-order valence-electron chi connectivity index (χ2n) is 7.09. The van der Waals surface area contributed by atoms with Gasteiger partial charge in [0.2, 0.25) is 0 Å². The molecule has 1 atom stereocenters. The first-order valence-electron chi connectivity index (χ1n) is 9.59. The van der Waals surface area contributed by atoms with Gasteiger partial charge in [0.1, 0.15) is 11.8 Å². The molecule has 158 valence electrons. The van der Waals surface area contributed by atoms with Crippen LogP contribution in [0.25, 0.3) is 5.76 Å². The molecule has 3 aromatic rings. The Bertz CT molecular complexity index is 1170. The molecule has 0 spiro atoms. The highest BCUT2D eigenvalue weighted by Crippen LogP contribution is 2.44. The molecule has 6 nitrogen and oxygen atoms in total. The van der Waals surface area contributed by atoms with Gasteiger partial charge in [0.05, 0.1) is 19.8 Å². The van der Waals surface area contributed by atoms with Crippen molar-refractivity contribution in [1.29, 1.82) is 0 Å². The number of ketones is 1. The van der Waals surface area contributed by atoms with Gasteiger partial charge in [-0.15, -0.1) is 11.3 Å². The lowest BCUT2D eigenvalue weighted by Gasteiger charge is -2.24. The highest BCUT2D eigenvalue weighted by atomic mass is 32.1. The lowest BCUT2D eigenvalue weighted by atomic mass is 9.99. The maximum atomic E-state index is 13.1. The number of hydrogen-bond donors (Lipinski definition) is 1. The van der Waals surface area contributed by atoms with E-state index in [1.807, 2.05) is 36.6 Å². The number of aliphatic hydroxyl groups is 1. The van der Waals surface area contributed by atoms with E-state index in [4.69, 9.17) is 9.47 Å². The van der Waals surface area contributed by atoms with Crippen molar-refractivity contribution >= 4 is 34.5 Å². The van der Waals surface area contributed by atoms with Gasteiger partial charge in [-0.3, -0.25) is 14.5 Å². The number of carbonyl (C=O) groups excluding carboxylic acids is 2. The van der Waals surface area contributed by atoms with Crippen molar-refractivity contribution in [2.24, 2.45) is 0 Å². The minimum absolute atomic E-state index is 0.0419. The Morgan fingerprint density at radius 1 is 1.00 bits per heavy atom. The van der Waals surface area contributed by atoms with Crippen LogP contribution in [0, 0.1) is 6.92 Å². The summed E-state index contributed by atoms with van der Waals surface area (Å²) in [5.41, 5.74) is 2.04. The maximum Gasteiger partial charge on any atom is 0.300 e. The molecule has 1 N–H and O–H groups in total. The van der Waals surface area contributed by atoms with Crippen LogP contribution < -0.4 is 14.4 Å². The van der Waals surface area contributed by atoms with E-state index in [-0.39, 0.29) is 11.3 Å². The van der Waals surface area contributed by atoms with E-state index in [1.165, 1.54) is 30.5 Å². The monoisotopic (exact) mass is 435 g/mol. The summed E-state index contributed by atoms with van der Waals surface area (Å²) in [5, 5.41) is 13.0. The van der Waals surface area contributed by atoms with Gasteiger partial charge in [-0.05, 0) is 48.7 Å². The summed E-state index contributed by atoms with van der Waals surface area (Å²) in [6.45, 7) is 1.95. The van der Waals surface area contributed by atoms with Crippen LogP contribution in [-0.4, -0.2) is 31.0 Å². The largest absolute Gasteiger partial charge is 0.507 e. The van der Waals surface area contributed by atoms with E-state index in [1.54, 1.807) is 30.3 Å². The van der Waals surface area contributed by atoms with Gasteiger partial charge >= 0.3 is 0 Å². The molecule has 0 saturated carbocycles. The smallest absolute Gasteiger partial charge is 0.300 e. The van der Waals surface area contributed by atoms with Crippen LogP contribution in [-0.2, 0) is 9.59 Å². The number of aryl methyl sites for hydroxylation is 1. The molecule has 1 aromatic heterocycles. The maximum absolute atomic E-state index is 13.1. The van der Waals surface area contributed by atoms with Gasteiger partial charge in [-0.2, -0.15) is 0 Å². The number of benzene rings is 2. The molecular weight excluding hydrogens is 414 g/mol. The fourth-order valence-electron chi connectivity index (χ4n) is 3.66. The molecule has 0 aliphatic carbocycles. The van der Waals surface area contributed by atoms with Gasteiger partial charge in [0.15, 0.2) is 11.5 Å². The van der Waals surface area contributed by atoms with E-state index in [0.717, 1.165) is 10.4 Å². The Kier molecular flexibility index (Phi) is 5.52. The number of rotatable bonds is 5. The molecule has 1 aliphatic heterocycles. The number of anilines is 1. The summed E-state index contributed by atoms with van der Waals surface area (Å²) >= 11 is 1.42. The number of carbonyl (C=O) groups is 2. The standard InChI is InChI=1S/C24H21NO5S/c1-14-6-9-16(10-7-14)25-21(19-5-4-12-31-19)20(23(27)24(25)28)22(26)15-8-11-17(29-2)18(13-15)30-3/h4-13,21,26H,1-3H3/b22-20-. The first kappa shape index (κ1) is 20.7. The van der Waals surface area contributed by atoms with Crippen molar-refractivity contribution in [3.8, 4) is 11.5 Å². The summed E-state index contributed by atoms with van der Waals surface area (Å²) in [6.07, 6.45) is 0. The molecule has 1 saturated heterocycles. The molecule has 0 bridgehead atoms. The average molecular weight is 436 g/mol. The highest BCUT2D eigenvalue weighted by Gasteiger charge is 2.47. The zero-order chi connectivity index (χ0) is 22.1. The van der Waals surface area contributed by atoms with Crippen LogP contribution in [0.3, 0.4) is 0 Å². The second-order valence-corrected chi connectivity index (χ2v) is 8.07. The predicted octanol–water partition coefficient (Wildman–Crippen LogP) is 4.70. The molecule has 2 aromatic carbocycles. The van der Waals surface area contributed by atoms with Gasteiger partial charge in [-0.25, -0.2) is 0 Å². The third-order valence-corrected chi connectivity index (χ3v) is 6.15. The number of thiophene rings is 1. The molecule has 0 radical (unpaired) electrons. The van der Waals surface area contributed by atoms with Crippen LogP contribution in [0.15, 0.2) is 65.6 Å². The van der Waals surface area contributed by atoms with Crippen molar-refractivity contribution in [2.75, 3.05) is 19.1 Å². The molecule has 1 unspecified atom stereocenters. The van der Waals surface area contributed by atoms with Crippen molar-refractivity contribution in [2.45, 2.75) is 13.0 Å². The van der Waals surface area contributed by atoms with Gasteiger partial charge < -0.3 is 14.6 Å². The molecule has 4 rings (SSSR count). The SMILES string of the molecule is COc1ccc(/C(O)=C2/C(=O)C(=O)N(c3ccc(C)cc3)C2c2cccs2)cc1OC. The van der Waals surface area contributed by atoms with Gasteiger partial charge in [0.25, 0.3) is 11.7 Å². The lowest BCUT2D eigenvalue weighted by Crippen LogP contribution is -2.29. The predicted molar refractivity (Wildman–Crippen MR) is 120 cm³/mol. The van der Waals surface area contributed by atoms with Crippen molar-refractivity contribution in [3.05, 3.63) is 81.6 Å². The van der Waals surface area contributed by atoms with E-state index in [2.05, 4.69) is 0 Å². The van der Waals surface area contributed by atoms with Crippen LogP contribution in [0.1, 0.15) is 22.0 Å². The molecule has 1 amide bonds. The van der Waals surface area contributed by atoms with Crippen LogP contribution in [0.2, 0.25) is 0 Å². The average Bonchev–Trinajstić information content (AvgIpc) is 3.40. The van der Waals surface area contributed by atoms with E-state index in [0.29, 0.717) is 22.7 Å². The Labute approximate surface area is 184 Å². The third-order valence-electron chi connectivity index (χ3n) is 5.23. The van der Waals surface area contributed by atoms with Crippen LogP contribution in [0.5, 0.6) is 11.5 Å². The summed E-state index contributed by atoms with van der Waals surface area (Å²) in [4.78, 5) is 28.4. The number of amides is 1. The Morgan fingerprint density at radius 2 is 1.71 bits per heavy atom. The lowest BCUT2D eigenvalue weighted by molar-refractivity contribution is -0.132. The Hall–Kier alpha value is -3.58. The number of ether oxygens (including phenoxy) is 2. The summed E-state index contributed by atoms with van der Waals surface area (Å²) in [7, 11) is 3.00. The molecule has 2 heterocycles. The van der Waals surface area contributed by atoms with Crippen LogP contribution >= 0.6 is 11.3 Å². The van der Waals surface area contributed by atoms with E-state index in [9.17, 15) is 14.7 Å². The van der Waals surface area contributed by atoms with Gasteiger partial charge in [0, 0.05) is 16.1 Å². The molecule has 1 fully saturated rings. The number of Topliss-reactive ketones (excluding diaryl/α,β-unsaturated/α-hetero) is 1. The zero-order valence-corrected chi connectivity index (χ0v) is 18.1. The summed E-state index contributed by atoms with van der Waals surface area (Å²) in [5.74, 6) is -0.760. The quantitative estimate of drug-likeness (QED) is 0.357. The Morgan fingerprint density at radius 3 is 2.32 bits per heavy atom. The molecule has 7 heteroatoms. The number of aliphatic hydroxyl groups excluding tert-OH is 1. The Balaban J connectivity index is 1.90. The van der Waals surface area contributed by atoms with Gasteiger partial charge in [-0.1, -0.05) is 23.8 Å². The van der Waals surface area contributed by atoms with Crippen LogP contribution in [0.4, 0.5) is 5.69 Å². The highest BCUT2D eigenvalue weighted by molar-refractivity contribution is 7.10. The fourth-order valence-corrected chi connectivity index (χ4v) is 4.48. The summed E-state index contributed by atoms with van der Waals surface area (Å²) < 4.78 is 10.6. The molecule has 31 heavy (non-hydrogen) atoms. The van der Waals surface area contributed by atoms with Crippen molar-refractivity contribution < 1.29 is 24.2 Å². The fraction of sp³-hybridized carbons (Fsp3) is 0.167. The molecular formula is C24H21NO5S. The third kappa shape index (κ3) is 3.57. The number of nitrogens with zero attached hydrogens (tertiary/aromatic N) is 1. The zero-order valence-electron chi connectivity index (χ0n) is 17.3. The normalized spacial score (nSPS) is 17.8.